The first-order valence-corrected chi connectivity index (χ1v) is 19.2. The average molecular weight is 728 g/mol. The molecule has 4 nitrogen and oxygen atoms in total. The minimum atomic E-state index is 0.631. The molecular formula is C53H33N3O. The molecule has 57 heavy (non-hydrogen) atoms. The standard InChI is InChI=1S/C53H33N3O/c1-3-11-34(12-4-1)38-17-9-18-44(31-38)52-54-51(36-14-5-2-6-15-36)55-53(56-52)45-26-24-40-30-43(25-23-41(40)32-45)46-19-10-20-49-50(46)47-33-42(27-28-48(47)57-49)39-22-21-35-13-7-8-16-37(35)29-39/h1-33H. The van der Waals surface area contributed by atoms with E-state index < -0.39 is 0 Å². The van der Waals surface area contributed by atoms with Gasteiger partial charge >= 0.3 is 0 Å². The van der Waals surface area contributed by atoms with Crippen molar-refractivity contribution < 1.29 is 4.42 Å². The minimum absolute atomic E-state index is 0.631. The van der Waals surface area contributed by atoms with Crippen LogP contribution in [0.1, 0.15) is 0 Å². The van der Waals surface area contributed by atoms with Crippen molar-refractivity contribution in [1.82, 2.24) is 15.0 Å². The molecular weight excluding hydrogens is 695 g/mol. The van der Waals surface area contributed by atoms with Crippen LogP contribution in [-0.2, 0) is 0 Å². The van der Waals surface area contributed by atoms with E-state index in [1.165, 1.54) is 16.3 Å². The second-order valence-corrected chi connectivity index (χ2v) is 14.4. The summed E-state index contributed by atoms with van der Waals surface area (Å²) in [5.41, 5.74) is 11.4. The zero-order valence-corrected chi connectivity index (χ0v) is 30.8. The first kappa shape index (κ1) is 32.7. The summed E-state index contributed by atoms with van der Waals surface area (Å²) in [6, 6.07) is 70.0. The van der Waals surface area contributed by atoms with Crippen LogP contribution in [0, 0.1) is 0 Å². The van der Waals surface area contributed by atoms with Crippen LogP contribution < -0.4 is 0 Å². The number of nitrogens with zero attached hydrogens (tertiary/aromatic N) is 3. The number of hydrogen-bond donors (Lipinski definition) is 0. The van der Waals surface area contributed by atoms with Gasteiger partial charge in [0.15, 0.2) is 17.5 Å². The van der Waals surface area contributed by atoms with Gasteiger partial charge in [-0.25, -0.2) is 15.0 Å². The molecule has 11 aromatic rings. The minimum Gasteiger partial charge on any atom is -0.456 e. The first-order valence-electron chi connectivity index (χ1n) is 19.2. The van der Waals surface area contributed by atoms with E-state index in [4.69, 9.17) is 19.4 Å². The summed E-state index contributed by atoms with van der Waals surface area (Å²) >= 11 is 0. The van der Waals surface area contributed by atoms with Gasteiger partial charge in [0, 0.05) is 27.5 Å². The summed E-state index contributed by atoms with van der Waals surface area (Å²) in [4.78, 5) is 15.1. The van der Waals surface area contributed by atoms with Crippen molar-refractivity contribution in [2.45, 2.75) is 0 Å². The highest BCUT2D eigenvalue weighted by molar-refractivity contribution is 6.14. The summed E-state index contributed by atoms with van der Waals surface area (Å²) < 4.78 is 6.42. The lowest BCUT2D eigenvalue weighted by atomic mass is 9.95. The maximum atomic E-state index is 6.42. The summed E-state index contributed by atoms with van der Waals surface area (Å²) in [6.45, 7) is 0. The van der Waals surface area contributed by atoms with Crippen LogP contribution in [0.3, 0.4) is 0 Å². The smallest absolute Gasteiger partial charge is 0.164 e. The van der Waals surface area contributed by atoms with Crippen LogP contribution in [0.15, 0.2) is 205 Å². The van der Waals surface area contributed by atoms with Crippen LogP contribution in [0.5, 0.6) is 0 Å². The highest BCUT2D eigenvalue weighted by Gasteiger charge is 2.16. The molecule has 2 aromatic heterocycles. The molecule has 2 heterocycles. The molecule has 9 aromatic carbocycles. The molecule has 0 unspecified atom stereocenters. The maximum Gasteiger partial charge on any atom is 0.164 e. The number of benzene rings is 9. The van der Waals surface area contributed by atoms with Crippen molar-refractivity contribution in [3.63, 3.8) is 0 Å². The van der Waals surface area contributed by atoms with Crippen LogP contribution >= 0.6 is 0 Å². The van der Waals surface area contributed by atoms with E-state index in [1.54, 1.807) is 0 Å². The quantitative estimate of drug-likeness (QED) is 0.171. The number of furan rings is 1. The maximum absolute atomic E-state index is 6.42. The van der Waals surface area contributed by atoms with Crippen LogP contribution in [0.25, 0.3) is 111 Å². The average Bonchev–Trinajstić information content (AvgIpc) is 3.67. The highest BCUT2D eigenvalue weighted by atomic mass is 16.3. The van der Waals surface area contributed by atoms with Crippen molar-refractivity contribution in [2.24, 2.45) is 0 Å². The van der Waals surface area contributed by atoms with Gasteiger partial charge in [-0.05, 0) is 97.4 Å². The van der Waals surface area contributed by atoms with Gasteiger partial charge in [0.25, 0.3) is 0 Å². The topological polar surface area (TPSA) is 51.8 Å². The van der Waals surface area contributed by atoms with E-state index in [9.17, 15) is 0 Å². The molecule has 0 aliphatic rings. The Kier molecular flexibility index (Phi) is 7.78. The molecule has 0 spiro atoms. The highest BCUT2D eigenvalue weighted by Crippen LogP contribution is 2.40. The van der Waals surface area contributed by atoms with Gasteiger partial charge in [-0.15, -0.1) is 0 Å². The lowest BCUT2D eigenvalue weighted by Crippen LogP contribution is -2.00. The molecule has 0 saturated carbocycles. The van der Waals surface area contributed by atoms with E-state index in [1.807, 2.05) is 36.4 Å². The van der Waals surface area contributed by atoms with Crippen molar-refractivity contribution in [1.29, 1.82) is 0 Å². The summed E-state index contributed by atoms with van der Waals surface area (Å²) in [5, 5.41) is 6.93. The molecule has 0 amide bonds. The molecule has 0 aliphatic heterocycles. The largest absolute Gasteiger partial charge is 0.456 e. The number of fused-ring (bicyclic) bond motifs is 5. The molecule has 0 saturated heterocycles. The Labute approximate surface area is 329 Å². The summed E-state index contributed by atoms with van der Waals surface area (Å²) in [5.74, 6) is 1.91. The van der Waals surface area contributed by atoms with E-state index in [0.717, 1.165) is 77.2 Å². The third-order valence-electron chi connectivity index (χ3n) is 10.9. The Morgan fingerprint density at radius 1 is 0.281 bits per heavy atom. The van der Waals surface area contributed by atoms with E-state index in [0.29, 0.717) is 17.5 Å². The molecule has 0 atom stereocenters. The zero-order valence-electron chi connectivity index (χ0n) is 30.8. The molecule has 4 heteroatoms. The number of aromatic nitrogens is 3. The van der Waals surface area contributed by atoms with Crippen molar-refractivity contribution in [2.75, 3.05) is 0 Å². The van der Waals surface area contributed by atoms with E-state index in [-0.39, 0.29) is 0 Å². The Morgan fingerprint density at radius 3 is 1.56 bits per heavy atom. The van der Waals surface area contributed by atoms with Crippen molar-refractivity contribution >= 4 is 43.5 Å². The number of hydrogen-bond acceptors (Lipinski definition) is 4. The molecule has 266 valence electrons. The van der Waals surface area contributed by atoms with E-state index >= 15 is 0 Å². The monoisotopic (exact) mass is 727 g/mol. The van der Waals surface area contributed by atoms with Gasteiger partial charge in [-0.3, -0.25) is 0 Å². The fourth-order valence-corrected chi connectivity index (χ4v) is 7.99. The summed E-state index contributed by atoms with van der Waals surface area (Å²) in [7, 11) is 0. The molecule has 11 rings (SSSR count). The van der Waals surface area contributed by atoms with Crippen LogP contribution in [-0.4, -0.2) is 15.0 Å². The SMILES string of the molecule is c1ccc(-c2cccc(-c3nc(-c4ccccc4)nc(-c4ccc5cc(-c6cccc7oc8ccc(-c9ccc%10ccccc%10c9)cc8c67)ccc5c4)n3)c2)cc1. The fourth-order valence-electron chi connectivity index (χ4n) is 7.99. The van der Waals surface area contributed by atoms with E-state index in [2.05, 4.69) is 164 Å². The third-order valence-corrected chi connectivity index (χ3v) is 10.9. The van der Waals surface area contributed by atoms with Gasteiger partial charge in [0.05, 0.1) is 0 Å². The normalized spacial score (nSPS) is 11.5. The van der Waals surface area contributed by atoms with Crippen LogP contribution in [0.2, 0.25) is 0 Å². The Bertz CT molecular complexity index is 3300. The first-order chi connectivity index (χ1) is 28.2. The fraction of sp³-hybridized carbons (Fsp3) is 0. The molecule has 0 radical (unpaired) electrons. The Morgan fingerprint density at radius 2 is 0.772 bits per heavy atom. The van der Waals surface area contributed by atoms with Crippen molar-refractivity contribution in [3.8, 4) is 67.5 Å². The molecule has 0 N–H and O–H groups in total. The second kappa shape index (κ2) is 13.6. The van der Waals surface area contributed by atoms with Gasteiger partial charge in [0.1, 0.15) is 11.2 Å². The zero-order chi connectivity index (χ0) is 37.7. The molecule has 0 fully saturated rings. The predicted molar refractivity (Wildman–Crippen MR) is 235 cm³/mol. The molecule has 0 aliphatic carbocycles. The lowest BCUT2D eigenvalue weighted by Gasteiger charge is -2.11. The number of rotatable bonds is 6. The Balaban J connectivity index is 0.989. The van der Waals surface area contributed by atoms with Gasteiger partial charge < -0.3 is 4.42 Å². The molecule has 0 bridgehead atoms. The lowest BCUT2D eigenvalue weighted by molar-refractivity contribution is 0.669. The predicted octanol–water partition coefficient (Wildman–Crippen LogP) is 14.1. The summed E-state index contributed by atoms with van der Waals surface area (Å²) in [6.07, 6.45) is 0. The van der Waals surface area contributed by atoms with Crippen molar-refractivity contribution in [3.05, 3.63) is 200 Å². The van der Waals surface area contributed by atoms with Gasteiger partial charge in [-0.2, -0.15) is 0 Å². The van der Waals surface area contributed by atoms with Gasteiger partial charge in [-0.1, -0.05) is 158 Å². The third kappa shape index (κ3) is 6.01. The Hall–Kier alpha value is -7.69. The van der Waals surface area contributed by atoms with Crippen LogP contribution in [0.4, 0.5) is 0 Å². The second-order valence-electron chi connectivity index (χ2n) is 14.4. The van der Waals surface area contributed by atoms with Gasteiger partial charge in [0.2, 0.25) is 0 Å².